The lowest BCUT2D eigenvalue weighted by Gasteiger charge is -2.25. The molecule has 0 heterocycles. The summed E-state index contributed by atoms with van der Waals surface area (Å²) < 4.78 is 4.76. The number of aliphatic carboxylic acids is 1. The molecule has 0 aromatic rings. The predicted molar refractivity (Wildman–Crippen MR) is 71.2 cm³/mol. The second-order valence-corrected chi connectivity index (χ2v) is 4.88. The van der Waals surface area contributed by atoms with Crippen LogP contribution in [0.4, 0.5) is 4.79 Å². The molecule has 1 aliphatic carbocycles. The van der Waals surface area contributed by atoms with Crippen molar-refractivity contribution >= 4 is 18.0 Å². The highest BCUT2D eigenvalue weighted by Crippen LogP contribution is 2.29. The molecule has 0 aliphatic heterocycles. The molecule has 0 unspecified atom stereocenters. The molecule has 2 amide bonds. The van der Waals surface area contributed by atoms with Gasteiger partial charge in [0.25, 0.3) is 0 Å². The number of carboxylic acids is 1. The molecule has 0 bridgehead atoms. The Labute approximate surface area is 118 Å². The number of rotatable bonds is 7. The minimum atomic E-state index is -1.13. The molecule has 1 saturated carbocycles. The van der Waals surface area contributed by atoms with Crippen LogP contribution in [0.1, 0.15) is 45.4 Å². The Balaban J connectivity index is 2.26. The van der Waals surface area contributed by atoms with Crippen molar-refractivity contribution in [2.75, 3.05) is 13.2 Å². The van der Waals surface area contributed by atoms with E-state index in [1.54, 1.807) is 6.92 Å². The van der Waals surface area contributed by atoms with Crippen molar-refractivity contribution in [3.63, 3.8) is 0 Å². The lowest BCUT2D eigenvalue weighted by molar-refractivity contribution is -0.144. The van der Waals surface area contributed by atoms with Crippen LogP contribution in [-0.2, 0) is 14.3 Å². The second-order valence-electron chi connectivity index (χ2n) is 4.88. The van der Waals surface area contributed by atoms with Gasteiger partial charge in [0.15, 0.2) is 0 Å². The van der Waals surface area contributed by atoms with E-state index >= 15 is 0 Å². The molecule has 0 saturated heterocycles. The van der Waals surface area contributed by atoms with Gasteiger partial charge in [-0.2, -0.15) is 0 Å². The van der Waals surface area contributed by atoms with Gasteiger partial charge in [0, 0.05) is 13.0 Å². The Morgan fingerprint density at radius 3 is 2.45 bits per heavy atom. The fourth-order valence-corrected chi connectivity index (χ4v) is 2.30. The van der Waals surface area contributed by atoms with Gasteiger partial charge in [0.05, 0.1) is 6.61 Å². The zero-order valence-corrected chi connectivity index (χ0v) is 11.7. The van der Waals surface area contributed by atoms with Crippen LogP contribution in [0.5, 0.6) is 0 Å². The Kier molecular flexibility index (Phi) is 6.27. The molecular weight excluding hydrogens is 264 g/mol. The number of hydrogen-bond acceptors (Lipinski definition) is 4. The first-order valence-electron chi connectivity index (χ1n) is 6.95. The number of carbonyl (C=O) groups is 3. The number of carboxylic acid groups (broad SMARTS) is 1. The highest BCUT2D eigenvalue weighted by molar-refractivity contribution is 5.86. The molecule has 0 atom stereocenters. The third-order valence-corrected chi connectivity index (χ3v) is 3.37. The molecule has 0 aromatic heterocycles. The highest BCUT2D eigenvalue weighted by atomic mass is 16.5. The standard InChI is InChI=1S/C13H22N2O5/c1-2-20-10(16)6-5-9-14-12(19)15-13(11(17)18)7-3-4-8-13/h2-9H2,1H3,(H,17,18)(H2,14,15,19). The van der Waals surface area contributed by atoms with Crippen molar-refractivity contribution in [3.8, 4) is 0 Å². The Hall–Kier alpha value is -1.79. The van der Waals surface area contributed by atoms with Gasteiger partial charge in [-0.1, -0.05) is 12.8 Å². The molecule has 1 aliphatic rings. The van der Waals surface area contributed by atoms with Crippen molar-refractivity contribution < 1.29 is 24.2 Å². The van der Waals surface area contributed by atoms with Crippen LogP contribution in [0.2, 0.25) is 0 Å². The van der Waals surface area contributed by atoms with E-state index in [1.165, 1.54) is 0 Å². The maximum absolute atomic E-state index is 11.7. The largest absolute Gasteiger partial charge is 0.480 e. The monoisotopic (exact) mass is 286 g/mol. The molecule has 7 heteroatoms. The van der Waals surface area contributed by atoms with Gasteiger partial charge >= 0.3 is 18.0 Å². The third kappa shape index (κ3) is 4.71. The maximum atomic E-state index is 11.7. The fraction of sp³-hybridized carbons (Fsp3) is 0.769. The second kappa shape index (κ2) is 7.72. The van der Waals surface area contributed by atoms with Crippen molar-refractivity contribution in [2.24, 2.45) is 0 Å². The minimum Gasteiger partial charge on any atom is -0.480 e. The van der Waals surface area contributed by atoms with Crippen LogP contribution in [-0.4, -0.2) is 41.8 Å². The summed E-state index contributed by atoms with van der Waals surface area (Å²) >= 11 is 0. The molecule has 114 valence electrons. The molecule has 20 heavy (non-hydrogen) atoms. The lowest BCUT2D eigenvalue weighted by atomic mass is 9.98. The van der Waals surface area contributed by atoms with Gasteiger partial charge in [0.1, 0.15) is 5.54 Å². The van der Waals surface area contributed by atoms with Gasteiger partial charge in [0.2, 0.25) is 0 Å². The molecule has 0 spiro atoms. The van der Waals surface area contributed by atoms with Crippen LogP contribution in [0.15, 0.2) is 0 Å². The topological polar surface area (TPSA) is 105 Å². The predicted octanol–water partition coefficient (Wildman–Crippen LogP) is 1.03. The number of carbonyl (C=O) groups excluding carboxylic acids is 2. The highest BCUT2D eigenvalue weighted by Gasteiger charge is 2.42. The van der Waals surface area contributed by atoms with E-state index in [1.807, 2.05) is 0 Å². The summed E-state index contributed by atoms with van der Waals surface area (Å²) in [6.45, 7) is 2.38. The van der Waals surface area contributed by atoms with Gasteiger partial charge in [-0.05, 0) is 26.2 Å². The summed E-state index contributed by atoms with van der Waals surface area (Å²) in [6.07, 6.45) is 3.21. The normalized spacial score (nSPS) is 16.4. The summed E-state index contributed by atoms with van der Waals surface area (Å²) in [5, 5.41) is 14.3. The third-order valence-electron chi connectivity index (χ3n) is 3.37. The summed E-state index contributed by atoms with van der Waals surface area (Å²) in [7, 11) is 0. The number of hydrogen-bond donors (Lipinski definition) is 3. The van der Waals surface area contributed by atoms with Gasteiger partial charge in [-0.25, -0.2) is 9.59 Å². The van der Waals surface area contributed by atoms with E-state index < -0.39 is 17.5 Å². The van der Waals surface area contributed by atoms with Gasteiger partial charge in [-0.3, -0.25) is 4.79 Å². The molecule has 0 aromatic carbocycles. The Bertz CT molecular complexity index is 364. The van der Waals surface area contributed by atoms with Gasteiger partial charge < -0.3 is 20.5 Å². The number of ether oxygens (including phenoxy) is 1. The summed E-state index contributed by atoms with van der Waals surface area (Å²) in [6, 6.07) is -0.502. The fourth-order valence-electron chi connectivity index (χ4n) is 2.30. The van der Waals surface area contributed by atoms with Gasteiger partial charge in [-0.15, -0.1) is 0 Å². The molecular formula is C13H22N2O5. The lowest BCUT2D eigenvalue weighted by Crippen LogP contribution is -2.55. The van der Waals surface area contributed by atoms with E-state index in [4.69, 9.17) is 4.74 Å². The molecule has 7 nitrogen and oxygen atoms in total. The van der Waals surface area contributed by atoms with Crippen LogP contribution < -0.4 is 10.6 Å². The number of nitrogens with one attached hydrogen (secondary N) is 2. The van der Waals surface area contributed by atoms with E-state index in [2.05, 4.69) is 10.6 Å². The zero-order valence-electron chi connectivity index (χ0n) is 11.7. The van der Waals surface area contributed by atoms with Crippen molar-refractivity contribution in [2.45, 2.75) is 51.0 Å². The van der Waals surface area contributed by atoms with E-state index in [-0.39, 0.29) is 12.4 Å². The Morgan fingerprint density at radius 2 is 1.90 bits per heavy atom. The minimum absolute atomic E-state index is 0.234. The van der Waals surface area contributed by atoms with Crippen molar-refractivity contribution in [1.29, 1.82) is 0 Å². The van der Waals surface area contributed by atoms with Crippen LogP contribution >= 0.6 is 0 Å². The maximum Gasteiger partial charge on any atom is 0.329 e. The average Bonchev–Trinajstić information content (AvgIpc) is 2.85. The number of amides is 2. The first kappa shape index (κ1) is 16.3. The van der Waals surface area contributed by atoms with Crippen molar-refractivity contribution in [1.82, 2.24) is 10.6 Å². The smallest absolute Gasteiger partial charge is 0.329 e. The van der Waals surface area contributed by atoms with Crippen LogP contribution in [0.3, 0.4) is 0 Å². The molecule has 3 N–H and O–H groups in total. The van der Waals surface area contributed by atoms with Crippen LogP contribution in [0, 0.1) is 0 Å². The number of urea groups is 1. The zero-order chi connectivity index (χ0) is 15.0. The molecule has 0 radical (unpaired) electrons. The van der Waals surface area contributed by atoms with Crippen LogP contribution in [0.25, 0.3) is 0 Å². The van der Waals surface area contributed by atoms with E-state index in [9.17, 15) is 19.5 Å². The first-order chi connectivity index (χ1) is 9.50. The van der Waals surface area contributed by atoms with E-state index in [0.29, 0.717) is 32.4 Å². The SMILES string of the molecule is CCOC(=O)CCCNC(=O)NC1(C(=O)O)CCCC1. The quantitative estimate of drug-likeness (QED) is 0.479. The summed E-state index contributed by atoms with van der Waals surface area (Å²) in [4.78, 5) is 34.0. The summed E-state index contributed by atoms with van der Waals surface area (Å²) in [5.74, 6) is -1.29. The Morgan fingerprint density at radius 1 is 1.25 bits per heavy atom. The summed E-state index contributed by atoms with van der Waals surface area (Å²) in [5.41, 5.74) is -1.13. The number of esters is 1. The molecule has 1 rings (SSSR count). The van der Waals surface area contributed by atoms with Crippen molar-refractivity contribution in [3.05, 3.63) is 0 Å². The first-order valence-corrected chi connectivity index (χ1v) is 6.95. The van der Waals surface area contributed by atoms with E-state index in [0.717, 1.165) is 12.8 Å². The molecule has 1 fully saturated rings. The average molecular weight is 286 g/mol.